The maximum Gasteiger partial charge on any atom is 0.106 e. The average Bonchev–Trinajstić information content (AvgIpc) is 2.26. The summed E-state index contributed by atoms with van der Waals surface area (Å²) >= 11 is 5.03. The molecule has 4 heteroatoms. The summed E-state index contributed by atoms with van der Waals surface area (Å²) in [7, 11) is 0. The lowest BCUT2D eigenvalue weighted by atomic mass is 9.89. The minimum Gasteiger partial charge on any atom is -0.389 e. The van der Waals surface area contributed by atoms with Gasteiger partial charge in [-0.2, -0.15) is 0 Å². The van der Waals surface area contributed by atoms with E-state index in [2.05, 4.69) is 5.32 Å². The fraction of sp³-hybridized carbons (Fsp3) is 0.462. The smallest absolute Gasteiger partial charge is 0.106 e. The molecule has 1 saturated carbocycles. The molecule has 0 radical (unpaired) electrons. The lowest BCUT2D eigenvalue weighted by Gasteiger charge is -2.36. The van der Waals surface area contributed by atoms with E-state index in [1.165, 1.54) is 0 Å². The van der Waals surface area contributed by atoms with Gasteiger partial charge in [0.25, 0.3) is 0 Å². The summed E-state index contributed by atoms with van der Waals surface area (Å²) in [4.78, 5) is 0.439. The van der Waals surface area contributed by atoms with Gasteiger partial charge in [0, 0.05) is 23.9 Å². The third-order valence-corrected chi connectivity index (χ3v) is 3.27. The second kappa shape index (κ2) is 5.47. The number of nitrogens with one attached hydrogen (secondary N) is 1. The molecule has 0 atom stereocenters. The summed E-state index contributed by atoms with van der Waals surface area (Å²) in [5.74, 6) is 0. The van der Waals surface area contributed by atoms with Crippen LogP contribution >= 0.6 is 12.2 Å². The van der Waals surface area contributed by atoms with Crippen molar-refractivity contribution in [2.45, 2.75) is 31.9 Å². The zero-order valence-corrected chi connectivity index (χ0v) is 10.8. The van der Waals surface area contributed by atoms with Crippen molar-refractivity contribution in [1.82, 2.24) is 0 Å². The molecule has 0 unspecified atom stereocenters. The Kier molecular flexibility index (Phi) is 3.97. The fourth-order valence-electron chi connectivity index (χ4n) is 2.10. The molecule has 0 heterocycles. The summed E-state index contributed by atoms with van der Waals surface area (Å²) in [6, 6.07) is 8.38. The van der Waals surface area contributed by atoms with Crippen LogP contribution in [0.25, 0.3) is 0 Å². The first-order valence-electron chi connectivity index (χ1n) is 5.97. The molecule has 2 rings (SSSR count). The highest BCUT2D eigenvalue weighted by Gasteiger charge is 2.29. The van der Waals surface area contributed by atoms with E-state index in [0.29, 0.717) is 17.1 Å². The molecular weight excluding hydrogens is 232 g/mol. The number of anilines is 1. The second-order valence-electron chi connectivity index (χ2n) is 4.30. The molecule has 1 aliphatic carbocycles. The average molecular weight is 250 g/mol. The Labute approximate surface area is 107 Å². The zero-order valence-electron chi connectivity index (χ0n) is 9.98. The minimum absolute atomic E-state index is 0.412. The summed E-state index contributed by atoms with van der Waals surface area (Å²) in [5.41, 5.74) is 7.64. The number of nitrogens with two attached hydrogens (primary N) is 1. The van der Waals surface area contributed by atoms with E-state index in [0.717, 1.165) is 30.7 Å². The molecule has 0 aliphatic heterocycles. The Morgan fingerprint density at radius 1 is 1.47 bits per heavy atom. The first-order valence-corrected chi connectivity index (χ1v) is 6.38. The Hall–Kier alpha value is -1.13. The van der Waals surface area contributed by atoms with Crippen LogP contribution in [0.4, 0.5) is 5.69 Å². The van der Waals surface area contributed by atoms with Crippen molar-refractivity contribution in [1.29, 1.82) is 0 Å². The molecular formula is C13H18N2OS. The van der Waals surface area contributed by atoms with Gasteiger partial charge in [-0.05, 0) is 31.9 Å². The molecule has 0 bridgehead atoms. The molecule has 92 valence electrons. The van der Waals surface area contributed by atoms with Crippen molar-refractivity contribution in [3.8, 4) is 0 Å². The molecule has 3 N–H and O–H groups in total. The van der Waals surface area contributed by atoms with Gasteiger partial charge in [-0.3, -0.25) is 0 Å². The quantitative estimate of drug-likeness (QED) is 0.787. The number of benzene rings is 1. The molecule has 1 fully saturated rings. The monoisotopic (exact) mass is 250 g/mol. The van der Waals surface area contributed by atoms with Crippen LogP contribution in [-0.4, -0.2) is 23.7 Å². The predicted octanol–water partition coefficient (Wildman–Crippen LogP) is 2.30. The Morgan fingerprint density at radius 2 is 2.18 bits per heavy atom. The fourth-order valence-corrected chi connectivity index (χ4v) is 2.28. The maximum atomic E-state index is 5.69. The van der Waals surface area contributed by atoms with Crippen LogP contribution in [0.15, 0.2) is 24.3 Å². The van der Waals surface area contributed by atoms with Gasteiger partial charge in [0.2, 0.25) is 0 Å². The van der Waals surface area contributed by atoms with E-state index >= 15 is 0 Å². The number of rotatable bonds is 5. The van der Waals surface area contributed by atoms with Gasteiger partial charge < -0.3 is 15.8 Å². The normalized spacial score (nSPS) is 22.9. The lowest BCUT2D eigenvalue weighted by Crippen LogP contribution is -2.41. The minimum atomic E-state index is 0.412. The van der Waals surface area contributed by atoms with E-state index in [1.54, 1.807) is 0 Å². The largest absolute Gasteiger partial charge is 0.389 e. The van der Waals surface area contributed by atoms with Crippen LogP contribution in [0.1, 0.15) is 25.3 Å². The molecule has 0 saturated heterocycles. The van der Waals surface area contributed by atoms with Crippen molar-refractivity contribution in [3.05, 3.63) is 29.8 Å². The first-order chi connectivity index (χ1) is 8.20. The van der Waals surface area contributed by atoms with Gasteiger partial charge >= 0.3 is 0 Å². The molecule has 0 amide bonds. The van der Waals surface area contributed by atoms with Crippen molar-refractivity contribution >= 4 is 22.9 Å². The molecule has 3 nitrogen and oxygen atoms in total. The van der Waals surface area contributed by atoms with E-state index in [1.807, 2.05) is 31.2 Å². The van der Waals surface area contributed by atoms with Crippen LogP contribution < -0.4 is 11.1 Å². The highest BCUT2D eigenvalue weighted by molar-refractivity contribution is 7.80. The number of thiocarbonyl (C=S) groups is 1. The molecule has 0 spiro atoms. The molecule has 1 aromatic carbocycles. The number of hydrogen-bond acceptors (Lipinski definition) is 3. The van der Waals surface area contributed by atoms with E-state index in [9.17, 15) is 0 Å². The van der Waals surface area contributed by atoms with Crippen LogP contribution in [0, 0.1) is 0 Å². The molecule has 1 aliphatic rings. The van der Waals surface area contributed by atoms with Crippen molar-refractivity contribution in [2.75, 3.05) is 11.9 Å². The van der Waals surface area contributed by atoms with E-state index in [4.69, 9.17) is 22.7 Å². The van der Waals surface area contributed by atoms with Gasteiger partial charge in [0.05, 0.1) is 6.10 Å². The van der Waals surface area contributed by atoms with Crippen LogP contribution in [0.5, 0.6) is 0 Å². The van der Waals surface area contributed by atoms with Crippen molar-refractivity contribution < 1.29 is 4.74 Å². The number of hydrogen-bond donors (Lipinski definition) is 2. The molecule has 0 aromatic heterocycles. The third-order valence-electron chi connectivity index (χ3n) is 3.05. The number of ether oxygens (including phenoxy) is 1. The van der Waals surface area contributed by atoms with Gasteiger partial charge in [-0.25, -0.2) is 0 Å². The molecule has 17 heavy (non-hydrogen) atoms. The Bertz CT molecular complexity index is 402. The summed E-state index contributed by atoms with van der Waals surface area (Å²) in [6.07, 6.45) is 2.52. The number of para-hydroxylation sites is 1. The van der Waals surface area contributed by atoms with Crippen molar-refractivity contribution in [3.63, 3.8) is 0 Å². The Balaban J connectivity index is 1.94. The van der Waals surface area contributed by atoms with Crippen molar-refractivity contribution in [2.24, 2.45) is 5.73 Å². The summed E-state index contributed by atoms with van der Waals surface area (Å²) in [6.45, 7) is 2.82. The van der Waals surface area contributed by atoms with Crippen LogP contribution in [0.2, 0.25) is 0 Å². The standard InChI is InChI=1S/C13H18N2OS/c1-2-16-10-7-9(8-10)15-12-6-4-3-5-11(12)13(14)17/h3-6,9-10,15H,2,7-8H2,1H3,(H2,14,17). The highest BCUT2D eigenvalue weighted by atomic mass is 32.1. The van der Waals surface area contributed by atoms with Crippen LogP contribution in [0.3, 0.4) is 0 Å². The summed E-state index contributed by atoms with van der Waals surface area (Å²) < 4.78 is 5.53. The second-order valence-corrected chi connectivity index (χ2v) is 4.74. The maximum absolute atomic E-state index is 5.69. The summed E-state index contributed by atoms with van der Waals surface area (Å²) in [5, 5.41) is 3.47. The van der Waals surface area contributed by atoms with E-state index in [-0.39, 0.29) is 0 Å². The topological polar surface area (TPSA) is 47.3 Å². The van der Waals surface area contributed by atoms with Gasteiger partial charge in [0.15, 0.2) is 0 Å². The Morgan fingerprint density at radius 3 is 2.82 bits per heavy atom. The lowest BCUT2D eigenvalue weighted by molar-refractivity contribution is 0.00299. The molecule has 1 aromatic rings. The van der Waals surface area contributed by atoms with Gasteiger partial charge in [0.1, 0.15) is 4.99 Å². The first kappa shape index (κ1) is 12.3. The SMILES string of the molecule is CCOC1CC(Nc2ccccc2C(N)=S)C1. The van der Waals surface area contributed by atoms with Crippen LogP contribution in [-0.2, 0) is 4.74 Å². The predicted molar refractivity (Wildman–Crippen MR) is 74.4 cm³/mol. The van der Waals surface area contributed by atoms with Gasteiger partial charge in [-0.1, -0.05) is 24.4 Å². The zero-order chi connectivity index (χ0) is 12.3. The van der Waals surface area contributed by atoms with Gasteiger partial charge in [-0.15, -0.1) is 0 Å². The highest BCUT2D eigenvalue weighted by Crippen LogP contribution is 2.28. The van der Waals surface area contributed by atoms with E-state index < -0.39 is 0 Å². The third kappa shape index (κ3) is 2.96.